The molecule has 0 bridgehead atoms. The van der Waals surface area contributed by atoms with Crippen molar-refractivity contribution >= 4 is 5.91 Å². The van der Waals surface area contributed by atoms with Gasteiger partial charge in [-0.05, 0) is 31.0 Å². The Bertz CT molecular complexity index is 485. The van der Waals surface area contributed by atoms with Gasteiger partial charge in [-0.1, -0.05) is 26.0 Å². The van der Waals surface area contributed by atoms with Gasteiger partial charge in [0.2, 0.25) is 0 Å². The summed E-state index contributed by atoms with van der Waals surface area (Å²) in [5.41, 5.74) is 7.23. The van der Waals surface area contributed by atoms with Gasteiger partial charge in [-0.25, -0.2) is 0 Å². The highest BCUT2D eigenvalue weighted by Crippen LogP contribution is 2.42. The maximum Gasteiger partial charge on any atom is 0.251 e. The molecule has 1 aromatic rings. The highest BCUT2D eigenvalue weighted by molar-refractivity contribution is 5.94. The molecule has 110 valence electrons. The molecule has 3 N–H and O–H groups in total. The Morgan fingerprint density at radius 1 is 1.50 bits per heavy atom. The summed E-state index contributed by atoms with van der Waals surface area (Å²) in [5.74, 6) is -0.0340. The van der Waals surface area contributed by atoms with Crippen LogP contribution in [0.25, 0.3) is 0 Å². The molecule has 1 amide bonds. The Hall–Kier alpha value is -1.39. The lowest BCUT2D eigenvalue weighted by molar-refractivity contribution is -0.111. The zero-order valence-corrected chi connectivity index (χ0v) is 12.5. The van der Waals surface area contributed by atoms with Crippen LogP contribution in [0, 0.1) is 5.41 Å². The van der Waals surface area contributed by atoms with Gasteiger partial charge in [-0.15, -0.1) is 0 Å². The zero-order valence-electron chi connectivity index (χ0n) is 12.5. The molecular formula is C16H24N2O2. The Morgan fingerprint density at radius 2 is 2.25 bits per heavy atom. The summed E-state index contributed by atoms with van der Waals surface area (Å²) >= 11 is 0. The van der Waals surface area contributed by atoms with E-state index in [1.54, 1.807) is 0 Å². The molecule has 1 aromatic carbocycles. The van der Waals surface area contributed by atoms with Gasteiger partial charge in [0.15, 0.2) is 0 Å². The van der Waals surface area contributed by atoms with E-state index in [0.29, 0.717) is 18.7 Å². The van der Waals surface area contributed by atoms with E-state index in [1.165, 1.54) is 0 Å². The minimum Gasteiger partial charge on any atom is -0.378 e. The van der Waals surface area contributed by atoms with E-state index in [9.17, 15) is 4.79 Å². The molecule has 2 atom stereocenters. The number of hydrogen-bond donors (Lipinski definition) is 2. The first-order valence-electron chi connectivity index (χ1n) is 7.20. The molecule has 1 fully saturated rings. The van der Waals surface area contributed by atoms with Crippen molar-refractivity contribution in [1.82, 2.24) is 5.32 Å². The van der Waals surface area contributed by atoms with Gasteiger partial charge in [0.05, 0.1) is 6.10 Å². The summed E-state index contributed by atoms with van der Waals surface area (Å²) in [7, 11) is 0. The first kappa shape index (κ1) is 15.0. The summed E-state index contributed by atoms with van der Waals surface area (Å²) in [6.07, 6.45) is 1.11. The van der Waals surface area contributed by atoms with Crippen LogP contribution in [0.5, 0.6) is 0 Å². The Balaban J connectivity index is 1.99. The quantitative estimate of drug-likeness (QED) is 0.865. The number of benzene rings is 1. The van der Waals surface area contributed by atoms with E-state index in [2.05, 4.69) is 19.2 Å². The van der Waals surface area contributed by atoms with Crippen molar-refractivity contribution < 1.29 is 9.53 Å². The van der Waals surface area contributed by atoms with Crippen molar-refractivity contribution in [2.75, 3.05) is 6.61 Å². The molecule has 0 saturated heterocycles. The molecule has 20 heavy (non-hydrogen) atoms. The predicted octanol–water partition coefficient (Wildman–Crippen LogP) is 2.08. The van der Waals surface area contributed by atoms with Crippen molar-refractivity contribution in [2.24, 2.45) is 11.1 Å². The van der Waals surface area contributed by atoms with Crippen LogP contribution in [-0.4, -0.2) is 24.7 Å². The third-order valence-electron chi connectivity index (χ3n) is 4.28. The van der Waals surface area contributed by atoms with Crippen LogP contribution in [0.1, 0.15) is 43.1 Å². The second kappa shape index (κ2) is 5.94. The van der Waals surface area contributed by atoms with E-state index in [-0.39, 0.29) is 23.5 Å². The summed E-state index contributed by atoms with van der Waals surface area (Å²) in [6.45, 7) is 7.44. The molecule has 2 rings (SSSR count). The Labute approximate surface area is 120 Å². The fourth-order valence-electron chi connectivity index (χ4n) is 2.70. The number of ether oxygens (including phenoxy) is 1. The average molecular weight is 276 g/mol. The average Bonchev–Trinajstić information content (AvgIpc) is 2.46. The predicted molar refractivity (Wildman–Crippen MR) is 79.4 cm³/mol. The number of nitrogens with two attached hydrogens (primary N) is 1. The number of amides is 1. The van der Waals surface area contributed by atoms with Gasteiger partial charge in [-0.3, -0.25) is 4.79 Å². The number of hydrogen-bond acceptors (Lipinski definition) is 3. The molecule has 4 nitrogen and oxygen atoms in total. The zero-order chi connectivity index (χ0) is 14.8. The smallest absolute Gasteiger partial charge is 0.251 e. The third-order valence-corrected chi connectivity index (χ3v) is 4.28. The van der Waals surface area contributed by atoms with Crippen molar-refractivity contribution in [3.8, 4) is 0 Å². The van der Waals surface area contributed by atoms with E-state index < -0.39 is 0 Å². The van der Waals surface area contributed by atoms with Gasteiger partial charge >= 0.3 is 0 Å². The standard InChI is InChI=1S/C16H24N2O2/c1-4-20-14-9-13(16(14,2)3)18-15(19)12-7-5-6-11(8-12)10-17/h5-8,13-14H,4,9-10,17H2,1-3H3,(H,18,19). The van der Waals surface area contributed by atoms with E-state index in [1.807, 2.05) is 31.2 Å². The van der Waals surface area contributed by atoms with Crippen LogP contribution in [0.15, 0.2) is 24.3 Å². The lowest BCUT2D eigenvalue weighted by atomic mass is 9.64. The highest BCUT2D eigenvalue weighted by atomic mass is 16.5. The van der Waals surface area contributed by atoms with Crippen molar-refractivity contribution in [2.45, 2.75) is 45.9 Å². The van der Waals surface area contributed by atoms with Crippen LogP contribution in [0.4, 0.5) is 0 Å². The number of carbonyl (C=O) groups is 1. The van der Waals surface area contributed by atoms with Gasteiger partial charge in [-0.2, -0.15) is 0 Å². The molecule has 2 unspecified atom stereocenters. The van der Waals surface area contributed by atoms with Gasteiger partial charge < -0.3 is 15.8 Å². The second-order valence-corrected chi connectivity index (χ2v) is 5.93. The Kier molecular flexibility index (Phi) is 4.45. The lowest BCUT2D eigenvalue weighted by Crippen LogP contribution is -2.62. The fraction of sp³-hybridized carbons (Fsp3) is 0.562. The molecule has 0 spiro atoms. The minimum atomic E-state index is -0.0340. The molecule has 0 aromatic heterocycles. The van der Waals surface area contributed by atoms with Gasteiger partial charge in [0.25, 0.3) is 5.91 Å². The van der Waals surface area contributed by atoms with Crippen LogP contribution < -0.4 is 11.1 Å². The SMILES string of the molecule is CCOC1CC(NC(=O)c2cccc(CN)c2)C1(C)C. The molecule has 1 aliphatic rings. The topological polar surface area (TPSA) is 64.3 Å². The third kappa shape index (κ3) is 2.86. The van der Waals surface area contributed by atoms with Crippen molar-refractivity contribution in [1.29, 1.82) is 0 Å². The molecule has 1 saturated carbocycles. The maximum atomic E-state index is 12.3. The minimum absolute atomic E-state index is 0.0167. The van der Waals surface area contributed by atoms with Gasteiger partial charge in [0.1, 0.15) is 0 Å². The normalized spacial score (nSPS) is 24.0. The van der Waals surface area contributed by atoms with Gasteiger partial charge in [0, 0.05) is 30.2 Å². The number of carbonyl (C=O) groups excluding carboxylic acids is 1. The lowest BCUT2D eigenvalue weighted by Gasteiger charge is -2.51. The number of nitrogens with one attached hydrogen (secondary N) is 1. The molecule has 1 aliphatic carbocycles. The summed E-state index contributed by atoms with van der Waals surface area (Å²) < 4.78 is 5.68. The summed E-state index contributed by atoms with van der Waals surface area (Å²) in [4.78, 5) is 12.3. The summed E-state index contributed by atoms with van der Waals surface area (Å²) in [6, 6.07) is 7.62. The molecular weight excluding hydrogens is 252 g/mol. The Morgan fingerprint density at radius 3 is 2.85 bits per heavy atom. The van der Waals surface area contributed by atoms with Crippen LogP contribution in [0.3, 0.4) is 0 Å². The van der Waals surface area contributed by atoms with Crippen LogP contribution >= 0.6 is 0 Å². The molecule has 4 heteroatoms. The summed E-state index contributed by atoms with van der Waals surface area (Å²) in [5, 5.41) is 3.10. The monoisotopic (exact) mass is 276 g/mol. The van der Waals surface area contributed by atoms with E-state index in [0.717, 1.165) is 12.0 Å². The highest BCUT2D eigenvalue weighted by Gasteiger charge is 2.49. The maximum absolute atomic E-state index is 12.3. The molecule has 0 heterocycles. The van der Waals surface area contributed by atoms with E-state index >= 15 is 0 Å². The van der Waals surface area contributed by atoms with E-state index in [4.69, 9.17) is 10.5 Å². The second-order valence-electron chi connectivity index (χ2n) is 5.93. The van der Waals surface area contributed by atoms with Crippen molar-refractivity contribution in [3.05, 3.63) is 35.4 Å². The first-order chi connectivity index (χ1) is 9.48. The first-order valence-corrected chi connectivity index (χ1v) is 7.20. The van der Waals surface area contributed by atoms with Crippen LogP contribution in [0.2, 0.25) is 0 Å². The van der Waals surface area contributed by atoms with Crippen LogP contribution in [-0.2, 0) is 11.3 Å². The fourth-order valence-corrected chi connectivity index (χ4v) is 2.70. The molecule has 0 radical (unpaired) electrons. The largest absolute Gasteiger partial charge is 0.378 e. The number of rotatable bonds is 5. The molecule has 0 aliphatic heterocycles. The van der Waals surface area contributed by atoms with Crippen molar-refractivity contribution in [3.63, 3.8) is 0 Å².